The van der Waals surface area contributed by atoms with Crippen LogP contribution in [0.5, 0.6) is 0 Å². The molecule has 21 heterocycles. The van der Waals surface area contributed by atoms with Gasteiger partial charge in [0.05, 0.1) is 55.2 Å². The topological polar surface area (TPSA) is 65.4 Å². The van der Waals surface area contributed by atoms with Gasteiger partial charge in [-0.2, -0.15) is 0 Å². The van der Waals surface area contributed by atoms with Crippen LogP contribution in [0.4, 0.5) is 0 Å². The van der Waals surface area contributed by atoms with Crippen molar-refractivity contribution in [3.63, 3.8) is 0 Å². The summed E-state index contributed by atoms with van der Waals surface area (Å²) in [6.07, 6.45) is 21.4. The summed E-state index contributed by atoms with van der Waals surface area (Å²) in [6.45, 7) is 30.6. The molecule has 0 radical (unpaired) electrons. The Kier molecular flexibility index (Phi) is 17.3. The highest BCUT2D eigenvalue weighted by atomic mass is 15.1. The van der Waals surface area contributed by atoms with Gasteiger partial charge in [-0.3, -0.25) is 0 Å². The maximum absolute atomic E-state index is 2.28. The lowest BCUT2D eigenvalue weighted by Crippen LogP contribution is -1.94. The van der Waals surface area contributed by atoms with E-state index in [0.717, 1.165) is 0 Å². The zero-order chi connectivity index (χ0) is 74.0. The summed E-state index contributed by atoms with van der Waals surface area (Å²) in [7, 11) is 14.9. The molecule has 105 heavy (non-hydrogen) atoms. The van der Waals surface area contributed by atoms with Gasteiger partial charge in [0.1, 0.15) is 11.3 Å². The third-order valence-corrected chi connectivity index (χ3v) is 24.0. The van der Waals surface area contributed by atoms with Gasteiger partial charge in [0.15, 0.2) is 0 Å². The van der Waals surface area contributed by atoms with E-state index in [1.165, 1.54) is 194 Å². The van der Waals surface area contributed by atoms with Gasteiger partial charge in [0, 0.05) is 200 Å². The fourth-order valence-corrected chi connectivity index (χ4v) is 16.4. The first-order chi connectivity index (χ1) is 50.4. The fourth-order valence-electron chi connectivity index (χ4n) is 16.4. The second kappa shape index (κ2) is 26.4. The quantitative estimate of drug-likeness (QED) is 0.145. The van der Waals surface area contributed by atoms with Crippen LogP contribution in [0.2, 0.25) is 0 Å². The van der Waals surface area contributed by atoms with Gasteiger partial charge in [-0.1, -0.05) is 42.5 Å². The zero-order valence-electron chi connectivity index (χ0n) is 65.0. The average molecular weight is 1390 g/mol. The zero-order valence-corrected chi connectivity index (χ0v) is 65.0. The SMILES string of the molecule is Cc1c(C)n(C)c2c1cc1ccccn12.Cc1c(C)n(C)c2c1cc1ccccn12.Cc1c(C)n(C)c2c1cn1ccccc21.Cc1c(C)n(C)c2cc3ccccn3c12.Cc1c(C)n(C)c2cc3ccccn3c12.Cc1c(C)n(C)c2cn3ccccc3c12.Cc1c(C)n(C)c2cn3ccccc3c12. The monoisotopic (exact) mass is 1390 g/mol. The van der Waals surface area contributed by atoms with Gasteiger partial charge < -0.3 is 62.8 Å². The number of pyridine rings is 7. The van der Waals surface area contributed by atoms with Crippen molar-refractivity contribution in [1.29, 1.82) is 0 Å². The molecule has 0 saturated heterocycles. The number of rotatable bonds is 0. The van der Waals surface area contributed by atoms with Crippen LogP contribution < -0.4 is 0 Å². The second-order valence-corrected chi connectivity index (χ2v) is 29.0. The van der Waals surface area contributed by atoms with E-state index in [2.05, 4.69) is 423 Å². The Balaban J connectivity index is 0.0000000983. The van der Waals surface area contributed by atoms with Gasteiger partial charge >= 0.3 is 0 Å². The molecule has 532 valence electrons. The third kappa shape index (κ3) is 11.0. The summed E-state index contributed by atoms with van der Waals surface area (Å²) in [5, 5.41) is 6.86. The minimum Gasteiger partial charge on any atom is -0.346 e. The summed E-state index contributed by atoms with van der Waals surface area (Å²) in [5.41, 5.74) is 39.9. The number of fused-ring (bicyclic) bond motifs is 21. The molecule has 14 heteroatoms. The van der Waals surface area contributed by atoms with Crippen molar-refractivity contribution in [2.45, 2.75) is 96.9 Å². The molecular weight excluding hydrogens is 1290 g/mol. The smallest absolute Gasteiger partial charge is 0.124 e. The van der Waals surface area contributed by atoms with Crippen molar-refractivity contribution >= 4 is 115 Å². The summed E-state index contributed by atoms with van der Waals surface area (Å²) in [6, 6.07) is 53.2. The van der Waals surface area contributed by atoms with E-state index < -0.39 is 0 Å². The Labute approximate surface area is 613 Å². The van der Waals surface area contributed by atoms with Crippen molar-refractivity contribution in [1.82, 2.24) is 62.8 Å². The van der Waals surface area contributed by atoms with Gasteiger partial charge in [-0.25, -0.2) is 0 Å². The van der Waals surface area contributed by atoms with E-state index in [1.807, 2.05) is 0 Å². The van der Waals surface area contributed by atoms with Crippen molar-refractivity contribution in [2.24, 2.45) is 49.3 Å². The van der Waals surface area contributed by atoms with Gasteiger partial charge in [-0.05, 0) is 245 Å². The first-order valence-corrected chi connectivity index (χ1v) is 36.5. The van der Waals surface area contributed by atoms with E-state index in [9.17, 15) is 0 Å². The lowest BCUT2D eigenvalue weighted by molar-refractivity contribution is 0.886. The maximum atomic E-state index is 2.28. The molecule has 0 aliphatic heterocycles. The second-order valence-electron chi connectivity index (χ2n) is 29.0. The van der Waals surface area contributed by atoms with Crippen LogP contribution in [0.3, 0.4) is 0 Å². The minimum atomic E-state index is 1.27. The largest absolute Gasteiger partial charge is 0.346 e. The number of aryl methyl sites for hydroxylation is 14. The summed E-state index contributed by atoms with van der Waals surface area (Å²) < 4.78 is 31.4. The molecule has 0 aliphatic rings. The normalized spacial score (nSPS) is 11.7. The van der Waals surface area contributed by atoms with Crippen molar-refractivity contribution in [2.75, 3.05) is 0 Å². The molecule has 0 unspecified atom stereocenters. The first kappa shape index (κ1) is 68.8. The molecule has 0 fully saturated rings. The molecular formula is C91H98N14. The number of hydrogen-bond acceptors (Lipinski definition) is 0. The Morgan fingerprint density at radius 1 is 0.210 bits per heavy atom. The van der Waals surface area contributed by atoms with Crippen LogP contribution in [0, 0.1) is 96.9 Å². The molecule has 0 bridgehead atoms. The van der Waals surface area contributed by atoms with E-state index in [1.54, 1.807) is 0 Å². The van der Waals surface area contributed by atoms with Crippen LogP contribution in [0.1, 0.15) is 78.8 Å². The summed E-state index contributed by atoms with van der Waals surface area (Å²) in [5.74, 6) is 0. The highest BCUT2D eigenvalue weighted by Crippen LogP contribution is 2.35. The van der Waals surface area contributed by atoms with E-state index in [-0.39, 0.29) is 0 Å². The molecule has 0 atom stereocenters. The van der Waals surface area contributed by atoms with Crippen molar-refractivity contribution in [3.05, 3.63) is 292 Å². The Morgan fingerprint density at radius 2 is 0.505 bits per heavy atom. The Bertz CT molecular complexity index is 5760. The fraction of sp³-hybridized carbons (Fsp3) is 0.231. The Morgan fingerprint density at radius 3 is 0.905 bits per heavy atom. The summed E-state index contributed by atoms with van der Waals surface area (Å²) >= 11 is 0. The predicted octanol–water partition coefficient (Wildman–Crippen LogP) is 21.3. The van der Waals surface area contributed by atoms with E-state index >= 15 is 0 Å². The average Bonchev–Trinajstić information content (AvgIpc) is 1.66. The number of aromatic nitrogens is 14. The molecule has 21 aromatic rings. The highest BCUT2D eigenvalue weighted by Gasteiger charge is 2.19. The molecule has 21 aromatic heterocycles. The molecule has 0 aromatic carbocycles. The highest BCUT2D eigenvalue weighted by molar-refractivity contribution is 6.01. The lowest BCUT2D eigenvalue weighted by atomic mass is 10.2. The van der Waals surface area contributed by atoms with Crippen molar-refractivity contribution < 1.29 is 0 Å². The molecule has 14 nitrogen and oxygen atoms in total. The molecule has 0 aliphatic carbocycles. The van der Waals surface area contributed by atoms with E-state index in [4.69, 9.17) is 0 Å². The Hall–Kier alpha value is -11.9. The van der Waals surface area contributed by atoms with Gasteiger partial charge in [0.25, 0.3) is 0 Å². The van der Waals surface area contributed by atoms with Crippen LogP contribution in [0.15, 0.2) is 214 Å². The molecule has 0 amide bonds. The minimum absolute atomic E-state index is 1.27. The van der Waals surface area contributed by atoms with E-state index in [0.29, 0.717) is 0 Å². The molecule has 21 rings (SSSR count). The van der Waals surface area contributed by atoms with Gasteiger partial charge in [-0.15, -0.1) is 0 Å². The molecule has 0 N–H and O–H groups in total. The van der Waals surface area contributed by atoms with Crippen molar-refractivity contribution in [3.8, 4) is 0 Å². The van der Waals surface area contributed by atoms with Crippen LogP contribution in [-0.4, -0.2) is 62.8 Å². The number of hydrogen-bond donors (Lipinski definition) is 0. The van der Waals surface area contributed by atoms with Crippen LogP contribution in [0.25, 0.3) is 115 Å². The molecule has 0 saturated carbocycles. The van der Waals surface area contributed by atoms with Gasteiger partial charge in [0.2, 0.25) is 0 Å². The predicted molar refractivity (Wildman–Crippen MR) is 443 cm³/mol. The third-order valence-electron chi connectivity index (χ3n) is 24.0. The summed E-state index contributed by atoms with van der Waals surface area (Å²) in [4.78, 5) is 0. The maximum Gasteiger partial charge on any atom is 0.124 e. The van der Waals surface area contributed by atoms with Crippen LogP contribution >= 0.6 is 0 Å². The first-order valence-electron chi connectivity index (χ1n) is 36.5. The van der Waals surface area contributed by atoms with Crippen LogP contribution in [-0.2, 0) is 49.3 Å². The lowest BCUT2D eigenvalue weighted by Gasteiger charge is -2.01. The standard InChI is InChI=1S/7C13H14N2/c1-9-10(2)14(3)13-11(9)8-15-7-5-4-6-12(13)15;2*1-9-10(2)14(3)12-8-15-7-5-4-6-11(15)13(9)12;2*1-9-10(2)14(3)12-8-11-6-4-5-7-15(11)13(9)12;2*1-9-10(2)14(3)13-12(9)8-11-6-4-5-7-15(11)13/h7*4-8H,1-3H3. The number of nitrogens with zero attached hydrogens (tertiary/aromatic N) is 14. The molecule has 0 spiro atoms.